The summed E-state index contributed by atoms with van der Waals surface area (Å²) in [7, 11) is 0. The van der Waals surface area contributed by atoms with Crippen LogP contribution in [-0.2, 0) is 0 Å². The van der Waals surface area contributed by atoms with E-state index < -0.39 is 0 Å². The number of fused-ring (bicyclic) bond motifs is 5. The van der Waals surface area contributed by atoms with Gasteiger partial charge in [-0.15, -0.1) is 10.2 Å². The molecule has 2 atom stereocenters. The lowest BCUT2D eigenvalue weighted by Gasteiger charge is -2.20. The highest BCUT2D eigenvalue weighted by atomic mass is 15.1. The van der Waals surface area contributed by atoms with E-state index in [0.717, 1.165) is 22.8 Å². The van der Waals surface area contributed by atoms with Gasteiger partial charge in [0.25, 0.3) is 0 Å². The summed E-state index contributed by atoms with van der Waals surface area (Å²) in [4.78, 5) is 8.99. The Labute approximate surface area is 134 Å². The third-order valence-corrected chi connectivity index (χ3v) is 5.11. The molecule has 23 heavy (non-hydrogen) atoms. The molecule has 4 nitrogen and oxygen atoms in total. The second kappa shape index (κ2) is 4.95. The molecule has 2 bridgehead atoms. The second-order valence-corrected chi connectivity index (χ2v) is 6.36. The zero-order chi connectivity index (χ0) is 15.2. The van der Waals surface area contributed by atoms with Crippen molar-refractivity contribution in [1.29, 1.82) is 0 Å². The zero-order valence-corrected chi connectivity index (χ0v) is 12.7. The summed E-state index contributed by atoms with van der Waals surface area (Å²) < 4.78 is 0. The third-order valence-electron chi connectivity index (χ3n) is 5.11. The van der Waals surface area contributed by atoms with Crippen LogP contribution in [0.2, 0.25) is 0 Å². The van der Waals surface area contributed by atoms with Gasteiger partial charge in [-0.25, -0.2) is 0 Å². The molecule has 0 N–H and O–H groups in total. The van der Waals surface area contributed by atoms with Crippen molar-refractivity contribution in [1.82, 2.24) is 20.2 Å². The van der Waals surface area contributed by atoms with Crippen LogP contribution in [0.25, 0.3) is 22.8 Å². The van der Waals surface area contributed by atoms with Crippen LogP contribution in [0.4, 0.5) is 0 Å². The molecule has 112 valence electrons. The van der Waals surface area contributed by atoms with Crippen molar-refractivity contribution in [2.45, 2.75) is 31.1 Å². The molecule has 0 spiro atoms. The summed E-state index contributed by atoms with van der Waals surface area (Å²) in [6.45, 7) is 0. The summed E-state index contributed by atoms with van der Waals surface area (Å²) in [5.41, 5.74) is 6.53. The fourth-order valence-corrected chi connectivity index (χ4v) is 4.18. The average Bonchev–Trinajstić information content (AvgIpc) is 3.25. The lowest BCUT2D eigenvalue weighted by molar-refractivity contribution is 0.708. The topological polar surface area (TPSA) is 51.6 Å². The van der Waals surface area contributed by atoms with E-state index in [1.54, 1.807) is 0 Å². The number of hydrogen-bond acceptors (Lipinski definition) is 4. The smallest absolute Gasteiger partial charge is 0.115 e. The second-order valence-electron chi connectivity index (χ2n) is 6.36. The average molecular weight is 300 g/mol. The van der Waals surface area contributed by atoms with Gasteiger partial charge in [-0.3, -0.25) is 9.97 Å². The summed E-state index contributed by atoms with van der Waals surface area (Å²) >= 11 is 0. The van der Waals surface area contributed by atoms with E-state index in [0.29, 0.717) is 11.8 Å². The minimum Gasteiger partial charge on any atom is -0.255 e. The lowest BCUT2D eigenvalue weighted by atomic mass is 9.88. The highest BCUT2D eigenvalue weighted by Crippen LogP contribution is 2.56. The highest BCUT2D eigenvalue weighted by Gasteiger charge is 2.42. The van der Waals surface area contributed by atoms with Crippen LogP contribution in [0.15, 0.2) is 48.8 Å². The van der Waals surface area contributed by atoms with Gasteiger partial charge in [0.1, 0.15) is 11.4 Å². The number of nitrogens with zero attached hydrogens (tertiary/aromatic N) is 4. The van der Waals surface area contributed by atoms with Crippen molar-refractivity contribution in [3.05, 3.63) is 59.9 Å². The molecular weight excluding hydrogens is 284 g/mol. The molecule has 1 saturated carbocycles. The third kappa shape index (κ3) is 1.91. The van der Waals surface area contributed by atoms with Crippen molar-refractivity contribution < 1.29 is 0 Å². The van der Waals surface area contributed by atoms with E-state index in [-0.39, 0.29) is 0 Å². The predicted molar refractivity (Wildman–Crippen MR) is 87.8 cm³/mol. The fourth-order valence-electron chi connectivity index (χ4n) is 4.18. The standard InChI is InChI=1S/C19H16N4/c1-3-9-20-14(5-1)18-16-12-7-8-13(11-12)17(16)19(23-22-18)15-6-2-4-10-21-15/h1-6,9-10,12-13H,7-8,11H2/t12-,13+. The van der Waals surface area contributed by atoms with E-state index >= 15 is 0 Å². The molecule has 0 saturated heterocycles. The van der Waals surface area contributed by atoms with Gasteiger partial charge >= 0.3 is 0 Å². The molecule has 0 radical (unpaired) electrons. The van der Waals surface area contributed by atoms with Crippen LogP contribution >= 0.6 is 0 Å². The Morgan fingerprint density at radius 1 is 0.696 bits per heavy atom. The van der Waals surface area contributed by atoms with Crippen LogP contribution in [0, 0.1) is 0 Å². The Kier molecular flexibility index (Phi) is 2.77. The van der Waals surface area contributed by atoms with Gasteiger partial charge < -0.3 is 0 Å². The summed E-state index contributed by atoms with van der Waals surface area (Å²) in [5.74, 6) is 1.20. The molecule has 2 aliphatic carbocycles. The number of pyridine rings is 2. The Hall–Kier alpha value is -2.62. The summed E-state index contributed by atoms with van der Waals surface area (Å²) in [5, 5.41) is 9.13. The molecule has 0 aliphatic heterocycles. The van der Waals surface area contributed by atoms with Gasteiger partial charge in [-0.2, -0.15) is 0 Å². The predicted octanol–water partition coefficient (Wildman–Crippen LogP) is 3.97. The van der Waals surface area contributed by atoms with Gasteiger partial charge in [0.05, 0.1) is 11.4 Å². The minimum atomic E-state index is 0.602. The molecular formula is C19H16N4. The van der Waals surface area contributed by atoms with Gasteiger partial charge in [-0.1, -0.05) is 12.1 Å². The van der Waals surface area contributed by atoms with Crippen LogP contribution in [0.3, 0.4) is 0 Å². The normalized spacial score (nSPS) is 21.4. The van der Waals surface area contributed by atoms with Crippen LogP contribution < -0.4 is 0 Å². The number of hydrogen-bond donors (Lipinski definition) is 0. The zero-order valence-electron chi connectivity index (χ0n) is 12.7. The maximum atomic E-state index is 4.56. The SMILES string of the molecule is c1ccc(-c2nnc(-c3ccccn3)c3c2[C@@H]2CC[C@H]3C2)nc1. The minimum absolute atomic E-state index is 0.602. The lowest BCUT2D eigenvalue weighted by Crippen LogP contribution is -2.08. The van der Waals surface area contributed by atoms with Crippen molar-refractivity contribution >= 4 is 0 Å². The molecule has 0 amide bonds. The van der Waals surface area contributed by atoms with Crippen LogP contribution in [0.1, 0.15) is 42.2 Å². The molecule has 5 rings (SSSR count). The van der Waals surface area contributed by atoms with Gasteiger partial charge in [0, 0.05) is 12.4 Å². The Morgan fingerprint density at radius 3 is 1.65 bits per heavy atom. The fraction of sp³-hybridized carbons (Fsp3) is 0.263. The van der Waals surface area contributed by atoms with E-state index in [9.17, 15) is 0 Å². The number of aromatic nitrogens is 4. The Balaban J connectivity index is 1.76. The first kappa shape index (κ1) is 12.9. The molecule has 3 aromatic rings. The van der Waals surface area contributed by atoms with Crippen molar-refractivity contribution in [2.75, 3.05) is 0 Å². The quantitative estimate of drug-likeness (QED) is 0.718. The Bertz CT molecular complexity index is 789. The first-order valence-electron chi connectivity index (χ1n) is 8.15. The summed E-state index contributed by atoms with van der Waals surface area (Å²) in [6, 6.07) is 11.9. The molecule has 4 heteroatoms. The van der Waals surface area contributed by atoms with E-state index in [1.165, 1.54) is 30.4 Å². The van der Waals surface area contributed by atoms with Gasteiger partial charge in [0.2, 0.25) is 0 Å². The monoisotopic (exact) mass is 300 g/mol. The van der Waals surface area contributed by atoms with E-state index in [2.05, 4.69) is 20.2 Å². The van der Waals surface area contributed by atoms with Gasteiger partial charge in [-0.05, 0) is 66.5 Å². The molecule has 0 unspecified atom stereocenters. The summed E-state index contributed by atoms with van der Waals surface area (Å²) in [6.07, 6.45) is 7.38. The molecule has 0 aromatic carbocycles. The number of rotatable bonds is 2. The van der Waals surface area contributed by atoms with E-state index in [4.69, 9.17) is 0 Å². The molecule has 1 fully saturated rings. The van der Waals surface area contributed by atoms with Gasteiger partial charge in [0.15, 0.2) is 0 Å². The van der Waals surface area contributed by atoms with Crippen LogP contribution in [0.5, 0.6) is 0 Å². The van der Waals surface area contributed by atoms with Crippen molar-refractivity contribution in [2.24, 2.45) is 0 Å². The molecule has 2 aliphatic rings. The van der Waals surface area contributed by atoms with Crippen molar-refractivity contribution in [3.8, 4) is 22.8 Å². The first-order chi connectivity index (χ1) is 11.4. The highest BCUT2D eigenvalue weighted by molar-refractivity contribution is 5.71. The molecule has 3 aromatic heterocycles. The van der Waals surface area contributed by atoms with Crippen molar-refractivity contribution in [3.63, 3.8) is 0 Å². The van der Waals surface area contributed by atoms with Crippen LogP contribution in [-0.4, -0.2) is 20.2 Å². The maximum Gasteiger partial charge on any atom is 0.115 e. The van der Waals surface area contributed by atoms with E-state index in [1.807, 2.05) is 48.8 Å². The maximum absolute atomic E-state index is 4.56. The molecule has 3 heterocycles. The largest absolute Gasteiger partial charge is 0.255 e. The first-order valence-corrected chi connectivity index (χ1v) is 8.15. The Morgan fingerprint density at radius 2 is 1.22 bits per heavy atom.